The number of nitrogens with zero attached hydrogens (tertiary/aromatic N) is 1. The molecule has 2 rings (SSSR count). The van der Waals surface area contributed by atoms with Crippen LogP contribution >= 0.6 is 38.5 Å². The molecule has 0 saturated heterocycles. The van der Waals surface area contributed by atoms with Crippen molar-refractivity contribution >= 4 is 56.2 Å². The lowest BCUT2D eigenvalue weighted by atomic mass is 10.1. The fraction of sp³-hybridized carbons (Fsp3) is 0.0526. The zero-order chi connectivity index (χ0) is 18.2. The second-order valence-corrected chi connectivity index (χ2v) is 6.81. The summed E-state index contributed by atoms with van der Waals surface area (Å²) in [5.41, 5.74) is 1.33. The molecule has 2 aromatic rings. The topological polar surface area (TPSA) is 62.1 Å². The maximum Gasteiger partial charge on any atom is 0.266 e. The maximum absolute atomic E-state index is 12.3. The Hall–Kier alpha value is -2.29. The number of hydrogen-bond acceptors (Lipinski definition) is 3. The van der Waals surface area contributed by atoms with Gasteiger partial charge in [0.05, 0.1) is 8.04 Å². The Bertz CT molecular complexity index is 873. The Labute approximate surface area is 168 Å². The van der Waals surface area contributed by atoms with Gasteiger partial charge in [-0.25, -0.2) is 0 Å². The van der Waals surface area contributed by atoms with E-state index in [1.54, 1.807) is 30.3 Å². The average molecular weight is 507 g/mol. The summed E-state index contributed by atoms with van der Waals surface area (Å²) in [4.78, 5) is 12.3. The maximum atomic E-state index is 12.3. The quantitative estimate of drug-likeness (QED) is 0.279. The van der Waals surface area contributed by atoms with E-state index < -0.39 is 5.91 Å². The summed E-state index contributed by atoms with van der Waals surface area (Å²) in [5, 5.41) is 12.0. The number of carbonyl (C=O) groups is 1. The van der Waals surface area contributed by atoms with Crippen LogP contribution in [0.5, 0.6) is 5.75 Å². The van der Waals surface area contributed by atoms with Gasteiger partial charge in [-0.3, -0.25) is 4.79 Å². The first-order valence-corrected chi connectivity index (χ1v) is 8.96. The van der Waals surface area contributed by atoms with Crippen LogP contribution in [-0.4, -0.2) is 12.5 Å². The van der Waals surface area contributed by atoms with Gasteiger partial charge in [-0.15, -0.1) is 6.42 Å². The standard InChI is InChI=1S/C19H12BrIN2O2/c1-2-8-25-18-16(20)10-13(11-17(18)21)9-14(12-22)19(24)23-15-6-4-3-5-7-15/h1,3-7,9-11H,8H2,(H,23,24)/b14-9-. The van der Waals surface area contributed by atoms with Crippen molar-refractivity contribution in [3.63, 3.8) is 0 Å². The molecule has 0 saturated carbocycles. The van der Waals surface area contributed by atoms with E-state index >= 15 is 0 Å². The Morgan fingerprint density at radius 1 is 1.36 bits per heavy atom. The summed E-state index contributed by atoms with van der Waals surface area (Å²) in [7, 11) is 0. The van der Waals surface area contributed by atoms with Crippen LogP contribution in [0.25, 0.3) is 6.08 Å². The number of nitrogens with one attached hydrogen (secondary N) is 1. The highest BCUT2D eigenvalue weighted by Gasteiger charge is 2.12. The monoisotopic (exact) mass is 506 g/mol. The number of hydrogen-bond donors (Lipinski definition) is 1. The Balaban J connectivity index is 2.26. The molecule has 0 aliphatic carbocycles. The summed E-state index contributed by atoms with van der Waals surface area (Å²) < 4.78 is 6.98. The summed E-state index contributed by atoms with van der Waals surface area (Å²) >= 11 is 5.53. The molecule has 4 nitrogen and oxygen atoms in total. The fourth-order valence-corrected chi connectivity index (χ4v) is 3.72. The minimum absolute atomic E-state index is 0.00356. The molecule has 0 aliphatic rings. The molecule has 25 heavy (non-hydrogen) atoms. The molecule has 0 spiro atoms. The van der Waals surface area contributed by atoms with E-state index in [0.29, 0.717) is 21.5 Å². The number of para-hydroxylation sites is 1. The van der Waals surface area contributed by atoms with Crippen LogP contribution in [0.15, 0.2) is 52.5 Å². The normalized spacial score (nSPS) is 10.5. The van der Waals surface area contributed by atoms with Gasteiger partial charge in [0.2, 0.25) is 0 Å². The Kier molecular flexibility index (Phi) is 7.05. The average Bonchev–Trinajstić information content (AvgIpc) is 2.59. The van der Waals surface area contributed by atoms with Crippen LogP contribution in [0.4, 0.5) is 5.69 Å². The van der Waals surface area contributed by atoms with Crippen molar-refractivity contribution in [2.75, 3.05) is 11.9 Å². The zero-order valence-electron chi connectivity index (χ0n) is 12.9. The molecule has 0 fully saturated rings. The molecule has 6 heteroatoms. The predicted molar refractivity (Wildman–Crippen MR) is 110 cm³/mol. The van der Waals surface area contributed by atoms with Crippen molar-refractivity contribution in [1.29, 1.82) is 5.26 Å². The van der Waals surface area contributed by atoms with Crippen LogP contribution in [-0.2, 0) is 4.79 Å². The van der Waals surface area contributed by atoms with Gasteiger partial charge in [-0.05, 0) is 74.4 Å². The third-order valence-electron chi connectivity index (χ3n) is 3.03. The van der Waals surface area contributed by atoms with Crippen LogP contribution in [0.3, 0.4) is 0 Å². The molecule has 0 atom stereocenters. The summed E-state index contributed by atoms with van der Waals surface area (Å²) in [5.74, 6) is 2.57. The van der Waals surface area contributed by atoms with E-state index in [9.17, 15) is 10.1 Å². The third-order valence-corrected chi connectivity index (χ3v) is 4.42. The lowest BCUT2D eigenvalue weighted by Gasteiger charge is -2.09. The molecule has 0 unspecified atom stereocenters. The first-order valence-electron chi connectivity index (χ1n) is 7.08. The minimum atomic E-state index is -0.465. The first kappa shape index (κ1) is 19.0. The van der Waals surface area contributed by atoms with Crippen molar-refractivity contribution in [2.45, 2.75) is 0 Å². The zero-order valence-corrected chi connectivity index (χ0v) is 16.7. The van der Waals surface area contributed by atoms with E-state index in [0.717, 1.165) is 3.57 Å². The van der Waals surface area contributed by atoms with Crippen molar-refractivity contribution < 1.29 is 9.53 Å². The van der Waals surface area contributed by atoms with E-state index in [4.69, 9.17) is 11.2 Å². The van der Waals surface area contributed by atoms with Gasteiger partial charge in [0.25, 0.3) is 5.91 Å². The van der Waals surface area contributed by atoms with Crippen molar-refractivity contribution in [3.05, 3.63) is 61.6 Å². The van der Waals surface area contributed by atoms with Gasteiger partial charge in [0.15, 0.2) is 0 Å². The number of anilines is 1. The van der Waals surface area contributed by atoms with Gasteiger partial charge < -0.3 is 10.1 Å². The minimum Gasteiger partial charge on any atom is -0.479 e. The number of terminal acetylenes is 1. The molecule has 0 bridgehead atoms. The molecule has 1 amide bonds. The fourth-order valence-electron chi connectivity index (χ4n) is 1.95. The van der Waals surface area contributed by atoms with Gasteiger partial charge in [0.1, 0.15) is 24.0 Å². The lowest BCUT2D eigenvalue weighted by molar-refractivity contribution is -0.112. The highest BCUT2D eigenvalue weighted by Crippen LogP contribution is 2.32. The number of ether oxygens (including phenoxy) is 1. The second-order valence-electron chi connectivity index (χ2n) is 4.80. The number of carbonyl (C=O) groups excluding carboxylic acids is 1. The highest BCUT2D eigenvalue weighted by molar-refractivity contribution is 14.1. The summed E-state index contributed by atoms with van der Waals surface area (Å²) in [6.07, 6.45) is 6.73. The summed E-state index contributed by atoms with van der Waals surface area (Å²) in [6, 6.07) is 14.5. The Morgan fingerprint density at radius 2 is 2.08 bits per heavy atom. The number of nitriles is 1. The SMILES string of the molecule is C#CCOc1c(Br)cc(/C=C(/C#N)C(=O)Nc2ccccc2)cc1I. The van der Waals surface area contributed by atoms with Crippen molar-refractivity contribution in [3.8, 4) is 24.2 Å². The lowest BCUT2D eigenvalue weighted by Crippen LogP contribution is -2.13. The molecule has 2 aromatic carbocycles. The second kappa shape index (κ2) is 9.26. The molecular formula is C19H12BrIN2O2. The molecule has 124 valence electrons. The number of rotatable bonds is 5. The van der Waals surface area contributed by atoms with Crippen LogP contribution in [0, 0.1) is 27.2 Å². The molecule has 0 radical (unpaired) electrons. The van der Waals surface area contributed by atoms with Gasteiger partial charge in [0, 0.05) is 5.69 Å². The van der Waals surface area contributed by atoms with Gasteiger partial charge >= 0.3 is 0 Å². The molecule has 0 aromatic heterocycles. The first-order chi connectivity index (χ1) is 12.0. The molecule has 0 heterocycles. The van der Waals surface area contributed by atoms with Crippen molar-refractivity contribution in [1.82, 2.24) is 0 Å². The molecule has 1 N–H and O–H groups in total. The van der Waals surface area contributed by atoms with Crippen molar-refractivity contribution in [2.24, 2.45) is 0 Å². The molecular weight excluding hydrogens is 495 g/mol. The largest absolute Gasteiger partial charge is 0.479 e. The van der Waals surface area contributed by atoms with Crippen LogP contribution in [0.2, 0.25) is 0 Å². The number of benzene rings is 2. The van der Waals surface area contributed by atoms with E-state index in [2.05, 4.69) is 49.8 Å². The van der Waals surface area contributed by atoms with Crippen LogP contribution in [0.1, 0.15) is 5.56 Å². The predicted octanol–water partition coefficient (Wildman–Crippen LogP) is 4.61. The number of halogens is 2. The van der Waals surface area contributed by atoms with E-state index in [1.807, 2.05) is 18.2 Å². The van der Waals surface area contributed by atoms with E-state index in [1.165, 1.54) is 6.08 Å². The van der Waals surface area contributed by atoms with E-state index in [-0.39, 0.29) is 12.2 Å². The molecule has 0 aliphatic heterocycles. The third kappa shape index (κ3) is 5.35. The number of amides is 1. The Morgan fingerprint density at radius 3 is 2.68 bits per heavy atom. The van der Waals surface area contributed by atoms with Crippen LogP contribution < -0.4 is 10.1 Å². The van der Waals surface area contributed by atoms with Gasteiger partial charge in [-0.1, -0.05) is 24.1 Å². The summed E-state index contributed by atoms with van der Waals surface area (Å²) in [6.45, 7) is 0.159. The highest BCUT2D eigenvalue weighted by atomic mass is 127. The van der Waals surface area contributed by atoms with Gasteiger partial charge in [-0.2, -0.15) is 5.26 Å². The smallest absolute Gasteiger partial charge is 0.266 e.